The van der Waals surface area contributed by atoms with E-state index in [0.29, 0.717) is 35.9 Å². The third-order valence-corrected chi connectivity index (χ3v) is 6.25. The third-order valence-electron chi connectivity index (χ3n) is 4.20. The quantitative estimate of drug-likeness (QED) is 0.880. The van der Waals surface area contributed by atoms with Gasteiger partial charge < -0.3 is 5.32 Å². The third kappa shape index (κ3) is 3.18. The number of aromatic nitrogens is 1. The van der Waals surface area contributed by atoms with E-state index in [2.05, 4.69) is 16.4 Å². The molecule has 0 amide bonds. The number of nitrogens with zero attached hydrogens (tertiary/aromatic N) is 3. The molecule has 0 radical (unpaired) electrons. The van der Waals surface area contributed by atoms with Crippen LogP contribution in [0.5, 0.6) is 0 Å². The second-order valence-electron chi connectivity index (χ2n) is 5.78. The summed E-state index contributed by atoms with van der Waals surface area (Å²) in [7, 11) is -3.10. The molecule has 1 N–H and O–H groups in total. The van der Waals surface area contributed by atoms with E-state index in [1.807, 2.05) is 6.07 Å². The highest BCUT2D eigenvalue weighted by atomic mass is 35.5. The lowest BCUT2D eigenvalue weighted by molar-refractivity contribution is 0.212. The minimum atomic E-state index is -3.10. The molecule has 0 spiro atoms. The van der Waals surface area contributed by atoms with E-state index in [4.69, 9.17) is 11.6 Å². The number of pyridine rings is 1. The maximum absolute atomic E-state index is 11.8. The van der Waals surface area contributed by atoms with Crippen molar-refractivity contribution in [1.82, 2.24) is 9.29 Å². The second-order valence-corrected chi connectivity index (χ2v) is 8.48. The number of hydrogen-bond donors (Lipinski definition) is 1. The van der Waals surface area contributed by atoms with Crippen LogP contribution >= 0.6 is 11.6 Å². The summed E-state index contributed by atoms with van der Waals surface area (Å²) in [6, 6.07) is 7.48. The fourth-order valence-corrected chi connectivity index (χ4v) is 4.16. The summed E-state index contributed by atoms with van der Waals surface area (Å²) < 4.78 is 25.0. The van der Waals surface area contributed by atoms with Gasteiger partial charge in [0.2, 0.25) is 10.0 Å². The molecule has 8 heteroatoms. The number of nitrogens with one attached hydrogen (secondary N) is 1. The van der Waals surface area contributed by atoms with Gasteiger partial charge in [-0.1, -0.05) is 11.6 Å². The van der Waals surface area contributed by atoms with Gasteiger partial charge >= 0.3 is 0 Å². The lowest BCUT2D eigenvalue weighted by Crippen LogP contribution is -2.52. The average molecular weight is 365 g/mol. The Morgan fingerprint density at radius 1 is 1.46 bits per heavy atom. The van der Waals surface area contributed by atoms with Crippen molar-refractivity contribution in [3.63, 3.8) is 0 Å². The van der Waals surface area contributed by atoms with Crippen molar-refractivity contribution >= 4 is 38.2 Å². The molecule has 6 nitrogen and oxygen atoms in total. The fourth-order valence-electron chi connectivity index (χ4n) is 2.75. The van der Waals surface area contributed by atoms with Gasteiger partial charge in [-0.3, -0.25) is 4.98 Å². The predicted molar refractivity (Wildman–Crippen MR) is 94.5 cm³/mol. The number of hydrogen-bond acceptors (Lipinski definition) is 5. The Bertz CT molecular complexity index is 918. The smallest absolute Gasteiger partial charge is 0.213 e. The van der Waals surface area contributed by atoms with Gasteiger partial charge in [0, 0.05) is 42.2 Å². The highest BCUT2D eigenvalue weighted by molar-refractivity contribution is 7.89. The van der Waals surface area contributed by atoms with E-state index >= 15 is 0 Å². The predicted octanol–water partition coefficient (Wildman–Crippen LogP) is 2.45. The first-order valence-electron chi connectivity index (χ1n) is 7.64. The minimum absolute atomic E-state index is 0.124. The molecular formula is C16H17ClN4O2S. The fraction of sp³-hybridized carbons (Fsp3) is 0.375. The maximum atomic E-state index is 11.8. The van der Waals surface area contributed by atoms with E-state index in [1.54, 1.807) is 19.1 Å². The van der Waals surface area contributed by atoms with E-state index in [9.17, 15) is 13.7 Å². The van der Waals surface area contributed by atoms with Crippen LogP contribution in [0, 0.1) is 17.2 Å². The largest absolute Gasteiger partial charge is 0.383 e. The van der Waals surface area contributed by atoms with Crippen LogP contribution < -0.4 is 5.32 Å². The molecule has 0 aliphatic carbocycles. The SMILES string of the molecule is CCS(=O)(=O)N1CC(CNc2c(C#N)cnc3ccc(Cl)cc23)C1. The van der Waals surface area contributed by atoms with Crippen molar-refractivity contribution in [2.75, 3.05) is 30.7 Å². The summed E-state index contributed by atoms with van der Waals surface area (Å²) in [5, 5.41) is 14.0. The number of halogens is 1. The monoisotopic (exact) mass is 364 g/mol. The van der Waals surface area contributed by atoms with Gasteiger partial charge in [0.1, 0.15) is 6.07 Å². The van der Waals surface area contributed by atoms with Gasteiger partial charge in [0.15, 0.2) is 0 Å². The van der Waals surface area contributed by atoms with Crippen LogP contribution in [0.4, 0.5) is 5.69 Å². The molecule has 1 aromatic carbocycles. The Morgan fingerprint density at radius 2 is 2.21 bits per heavy atom. The molecular weight excluding hydrogens is 348 g/mol. The Kier molecular flexibility index (Phi) is 4.63. The highest BCUT2D eigenvalue weighted by Crippen LogP contribution is 2.29. The molecule has 0 saturated carbocycles. The van der Waals surface area contributed by atoms with Gasteiger partial charge in [0.25, 0.3) is 0 Å². The molecule has 2 aromatic rings. The van der Waals surface area contributed by atoms with Crippen LogP contribution in [-0.2, 0) is 10.0 Å². The molecule has 1 aliphatic rings. The van der Waals surface area contributed by atoms with Crippen LogP contribution in [0.15, 0.2) is 24.4 Å². The first-order valence-corrected chi connectivity index (χ1v) is 9.63. The molecule has 1 fully saturated rings. The molecule has 2 heterocycles. The summed E-state index contributed by atoms with van der Waals surface area (Å²) in [5.74, 6) is 0.347. The molecule has 0 atom stereocenters. The van der Waals surface area contributed by atoms with E-state index in [-0.39, 0.29) is 11.7 Å². The summed E-state index contributed by atoms with van der Waals surface area (Å²) >= 11 is 6.06. The number of anilines is 1. The van der Waals surface area contributed by atoms with E-state index in [0.717, 1.165) is 10.9 Å². The molecule has 0 unspecified atom stereocenters. The van der Waals surface area contributed by atoms with Gasteiger partial charge in [-0.15, -0.1) is 0 Å². The molecule has 126 valence electrons. The molecule has 0 bridgehead atoms. The molecule has 1 aromatic heterocycles. The van der Waals surface area contributed by atoms with Crippen LogP contribution in [0.1, 0.15) is 12.5 Å². The van der Waals surface area contributed by atoms with Gasteiger partial charge in [0.05, 0.1) is 22.5 Å². The normalized spacial score (nSPS) is 15.9. The summed E-state index contributed by atoms with van der Waals surface area (Å²) in [5.41, 5.74) is 1.90. The molecule has 24 heavy (non-hydrogen) atoms. The van der Waals surface area contributed by atoms with Crippen molar-refractivity contribution in [2.45, 2.75) is 6.92 Å². The topological polar surface area (TPSA) is 86.1 Å². The molecule has 1 saturated heterocycles. The Labute approximate surface area is 146 Å². The number of sulfonamides is 1. The lowest BCUT2D eigenvalue weighted by Gasteiger charge is -2.38. The van der Waals surface area contributed by atoms with Crippen molar-refractivity contribution in [3.05, 3.63) is 35.0 Å². The van der Waals surface area contributed by atoms with Crippen LogP contribution in [0.25, 0.3) is 10.9 Å². The van der Waals surface area contributed by atoms with Gasteiger partial charge in [-0.2, -0.15) is 5.26 Å². The van der Waals surface area contributed by atoms with Crippen LogP contribution in [-0.4, -0.2) is 43.1 Å². The van der Waals surface area contributed by atoms with Crippen molar-refractivity contribution in [1.29, 1.82) is 5.26 Å². The Balaban J connectivity index is 1.77. The zero-order valence-corrected chi connectivity index (χ0v) is 14.7. The Morgan fingerprint density at radius 3 is 2.88 bits per heavy atom. The first kappa shape index (κ1) is 17.0. The molecule has 1 aliphatic heterocycles. The van der Waals surface area contributed by atoms with Crippen LogP contribution in [0.2, 0.25) is 5.02 Å². The van der Waals surface area contributed by atoms with Crippen LogP contribution in [0.3, 0.4) is 0 Å². The molecule has 3 rings (SSSR count). The summed E-state index contributed by atoms with van der Waals surface area (Å²) in [4.78, 5) is 4.26. The average Bonchev–Trinajstić information content (AvgIpc) is 2.53. The van der Waals surface area contributed by atoms with Gasteiger partial charge in [-0.05, 0) is 25.1 Å². The lowest BCUT2D eigenvalue weighted by atomic mass is 10.0. The van der Waals surface area contributed by atoms with E-state index < -0.39 is 10.0 Å². The van der Waals surface area contributed by atoms with E-state index in [1.165, 1.54) is 10.5 Å². The Hall–Kier alpha value is -1.88. The minimum Gasteiger partial charge on any atom is -0.383 e. The number of nitriles is 1. The number of benzene rings is 1. The van der Waals surface area contributed by atoms with Crippen molar-refractivity contribution in [3.8, 4) is 6.07 Å². The van der Waals surface area contributed by atoms with Gasteiger partial charge in [-0.25, -0.2) is 12.7 Å². The number of fused-ring (bicyclic) bond motifs is 1. The zero-order valence-electron chi connectivity index (χ0n) is 13.2. The van der Waals surface area contributed by atoms with Crippen molar-refractivity contribution in [2.24, 2.45) is 5.92 Å². The summed E-state index contributed by atoms with van der Waals surface area (Å²) in [6.07, 6.45) is 1.53. The maximum Gasteiger partial charge on any atom is 0.213 e. The standard InChI is InChI=1S/C16H17ClN4O2S/c1-2-24(22,23)21-9-11(10-21)7-20-16-12(6-18)8-19-15-4-3-13(17)5-14(15)16/h3-5,8,11H,2,7,9-10H2,1H3,(H,19,20). The number of rotatable bonds is 5. The zero-order chi connectivity index (χ0) is 17.3. The second kappa shape index (κ2) is 6.55. The highest BCUT2D eigenvalue weighted by Gasteiger charge is 2.34. The first-order chi connectivity index (χ1) is 11.4. The van der Waals surface area contributed by atoms with Crippen molar-refractivity contribution < 1.29 is 8.42 Å². The summed E-state index contributed by atoms with van der Waals surface area (Å²) in [6.45, 7) is 3.26.